The smallest absolute Gasteiger partial charge is 0.337 e. The van der Waals surface area contributed by atoms with Gasteiger partial charge < -0.3 is 10.4 Å². The van der Waals surface area contributed by atoms with Gasteiger partial charge in [0.1, 0.15) is 0 Å². The summed E-state index contributed by atoms with van der Waals surface area (Å²) in [5.41, 5.74) is 2.25. The Bertz CT molecular complexity index is 388. The van der Waals surface area contributed by atoms with Crippen molar-refractivity contribution in [1.82, 2.24) is 0 Å². The molecule has 3 heteroatoms. The molecule has 0 amide bonds. The van der Waals surface area contributed by atoms with E-state index in [1.54, 1.807) is 6.07 Å². The monoisotopic (exact) mass is 249 g/mol. The van der Waals surface area contributed by atoms with Crippen LogP contribution >= 0.6 is 0 Å². The van der Waals surface area contributed by atoms with Crippen LogP contribution in [-0.4, -0.2) is 17.6 Å². The lowest BCUT2D eigenvalue weighted by Gasteiger charge is -2.13. The summed E-state index contributed by atoms with van der Waals surface area (Å²) in [7, 11) is 0. The van der Waals surface area contributed by atoms with E-state index in [1.807, 2.05) is 19.1 Å². The normalized spacial score (nSPS) is 10.3. The summed E-state index contributed by atoms with van der Waals surface area (Å²) in [5.74, 6) is -0.860. The topological polar surface area (TPSA) is 49.3 Å². The summed E-state index contributed by atoms with van der Waals surface area (Å²) in [6.07, 6.45) is 5.58. The van der Waals surface area contributed by atoms with Gasteiger partial charge in [0, 0.05) is 6.54 Å². The summed E-state index contributed by atoms with van der Waals surface area (Å²) in [6, 6.07) is 5.46. The first kappa shape index (κ1) is 14.6. The van der Waals surface area contributed by atoms with E-state index in [9.17, 15) is 9.90 Å². The number of para-hydroxylation sites is 1. The Balaban J connectivity index is 2.69. The molecule has 1 rings (SSSR count). The lowest BCUT2D eigenvalue weighted by Crippen LogP contribution is -2.10. The van der Waals surface area contributed by atoms with Gasteiger partial charge in [-0.2, -0.15) is 0 Å². The summed E-state index contributed by atoms with van der Waals surface area (Å²) in [6.45, 7) is 5.07. The maximum Gasteiger partial charge on any atom is 0.337 e. The summed E-state index contributed by atoms with van der Waals surface area (Å²) in [5, 5.41) is 12.5. The number of anilines is 1. The lowest BCUT2D eigenvalue weighted by molar-refractivity contribution is 0.0698. The van der Waals surface area contributed by atoms with Crippen LogP contribution in [0.25, 0.3) is 0 Å². The zero-order valence-electron chi connectivity index (χ0n) is 11.3. The highest BCUT2D eigenvalue weighted by Gasteiger charge is 2.12. The maximum absolute atomic E-state index is 11.2. The van der Waals surface area contributed by atoms with E-state index in [0.29, 0.717) is 5.56 Å². The Hall–Kier alpha value is -1.51. The van der Waals surface area contributed by atoms with Crippen molar-refractivity contribution >= 4 is 11.7 Å². The van der Waals surface area contributed by atoms with Gasteiger partial charge in [-0.1, -0.05) is 45.2 Å². The average molecular weight is 249 g/mol. The van der Waals surface area contributed by atoms with Crippen LogP contribution < -0.4 is 5.32 Å². The van der Waals surface area contributed by atoms with E-state index in [4.69, 9.17) is 0 Å². The Morgan fingerprint density at radius 2 is 2.00 bits per heavy atom. The van der Waals surface area contributed by atoms with E-state index in [1.165, 1.54) is 19.3 Å². The highest BCUT2D eigenvalue weighted by molar-refractivity contribution is 5.95. The molecule has 0 aliphatic heterocycles. The van der Waals surface area contributed by atoms with Gasteiger partial charge in [-0.3, -0.25) is 0 Å². The molecule has 100 valence electrons. The van der Waals surface area contributed by atoms with Crippen molar-refractivity contribution in [2.24, 2.45) is 0 Å². The quantitative estimate of drug-likeness (QED) is 0.686. The Labute approximate surface area is 109 Å². The van der Waals surface area contributed by atoms with E-state index in [2.05, 4.69) is 12.2 Å². The molecular formula is C15H23NO2. The fourth-order valence-corrected chi connectivity index (χ4v) is 2.05. The number of hydrogen-bond donors (Lipinski definition) is 2. The van der Waals surface area contributed by atoms with Gasteiger partial charge in [0.2, 0.25) is 0 Å². The number of aromatic carboxylic acids is 1. The van der Waals surface area contributed by atoms with Gasteiger partial charge >= 0.3 is 5.97 Å². The van der Waals surface area contributed by atoms with Crippen molar-refractivity contribution in [1.29, 1.82) is 0 Å². The summed E-state index contributed by atoms with van der Waals surface area (Å²) >= 11 is 0. The molecule has 2 N–H and O–H groups in total. The minimum atomic E-state index is -0.860. The minimum absolute atomic E-state index is 0.379. The second kappa shape index (κ2) is 7.75. The van der Waals surface area contributed by atoms with E-state index < -0.39 is 5.97 Å². The van der Waals surface area contributed by atoms with Gasteiger partial charge in [-0.15, -0.1) is 0 Å². The number of nitrogens with one attached hydrogen (secondary N) is 1. The largest absolute Gasteiger partial charge is 0.478 e. The van der Waals surface area contributed by atoms with Gasteiger partial charge in [-0.05, 0) is 24.5 Å². The van der Waals surface area contributed by atoms with Crippen molar-refractivity contribution in [2.75, 3.05) is 11.9 Å². The molecule has 0 aromatic heterocycles. The number of carboxylic acids is 1. The van der Waals surface area contributed by atoms with Crippen LogP contribution in [0.5, 0.6) is 0 Å². The number of aryl methyl sites for hydroxylation is 1. The van der Waals surface area contributed by atoms with Gasteiger partial charge in [0.25, 0.3) is 0 Å². The first-order valence-corrected chi connectivity index (χ1v) is 6.79. The standard InChI is InChI=1S/C15H23NO2/c1-3-5-6-7-11-16-14-12(4-2)9-8-10-13(14)15(17)18/h8-10,16H,3-7,11H2,1-2H3,(H,17,18). The Morgan fingerprint density at radius 3 is 2.61 bits per heavy atom. The van der Waals surface area contributed by atoms with Crippen molar-refractivity contribution in [3.8, 4) is 0 Å². The molecule has 0 atom stereocenters. The molecule has 0 bridgehead atoms. The van der Waals surface area contributed by atoms with Crippen LogP contribution in [0.3, 0.4) is 0 Å². The van der Waals surface area contributed by atoms with Crippen LogP contribution in [0, 0.1) is 0 Å². The number of hydrogen-bond acceptors (Lipinski definition) is 2. The van der Waals surface area contributed by atoms with Gasteiger partial charge in [0.15, 0.2) is 0 Å². The first-order chi connectivity index (χ1) is 8.70. The number of carboxylic acid groups (broad SMARTS) is 1. The van der Waals surface area contributed by atoms with Gasteiger partial charge in [-0.25, -0.2) is 4.79 Å². The molecule has 0 aliphatic rings. The molecule has 0 saturated carbocycles. The molecule has 18 heavy (non-hydrogen) atoms. The minimum Gasteiger partial charge on any atom is -0.478 e. The first-order valence-electron chi connectivity index (χ1n) is 6.79. The van der Waals surface area contributed by atoms with Crippen LogP contribution in [0.15, 0.2) is 18.2 Å². The van der Waals surface area contributed by atoms with Crippen LogP contribution in [0.2, 0.25) is 0 Å². The number of benzene rings is 1. The molecule has 1 aromatic carbocycles. The van der Waals surface area contributed by atoms with E-state index >= 15 is 0 Å². The summed E-state index contributed by atoms with van der Waals surface area (Å²) in [4.78, 5) is 11.2. The van der Waals surface area contributed by atoms with Crippen molar-refractivity contribution in [3.05, 3.63) is 29.3 Å². The summed E-state index contributed by atoms with van der Waals surface area (Å²) < 4.78 is 0. The molecule has 0 radical (unpaired) electrons. The fourth-order valence-electron chi connectivity index (χ4n) is 2.05. The zero-order chi connectivity index (χ0) is 13.4. The van der Waals surface area contributed by atoms with Crippen LogP contribution in [-0.2, 0) is 6.42 Å². The molecular weight excluding hydrogens is 226 g/mol. The molecule has 0 aliphatic carbocycles. The zero-order valence-corrected chi connectivity index (χ0v) is 11.3. The van der Waals surface area contributed by atoms with E-state index in [0.717, 1.165) is 30.6 Å². The van der Waals surface area contributed by atoms with Crippen molar-refractivity contribution in [3.63, 3.8) is 0 Å². The van der Waals surface area contributed by atoms with Gasteiger partial charge in [0.05, 0.1) is 11.3 Å². The predicted molar refractivity (Wildman–Crippen MR) is 75.4 cm³/mol. The molecule has 0 heterocycles. The maximum atomic E-state index is 11.2. The third kappa shape index (κ3) is 4.06. The highest BCUT2D eigenvalue weighted by Crippen LogP contribution is 2.22. The molecule has 3 nitrogen and oxygen atoms in total. The number of carbonyl (C=O) groups is 1. The molecule has 0 spiro atoms. The molecule has 1 aromatic rings. The molecule has 0 saturated heterocycles. The lowest BCUT2D eigenvalue weighted by atomic mass is 10.0. The van der Waals surface area contributed by atoms with Crippen molar-refractivity contribution < 1.29 is 9.90 Å². The Morgan fingerprint density at radius 1 is 1.22 bits per heavy atom. The highest BCUT2D eigenvalue weighted by atomic mass is 16.4. The van der Waals surface area contributed by atoms with Crippen LogP contribution in [0.1, 0.15) is 55.5 Å². The fraction of sp³-hybridized carbons (Fsp3) is 0.533. The molecule has 0 fully saturated rings. The molecule has 0 unspecified atom stereocenters. The van der Waals surface area contributed by atoms with Crippen LogP contribution in [0.4, 0.5) is 5.69 Å². The van der Waals surface area contributed by atoms with Crippen molar-refractivity contribution in [2.45, 2.75) is 46.0 Å². The average Bonchev–Trinajstić information content (AvgIpc) is 2.38. The third-order valence-corrected chi connectivity index (χ3v) is 3.09. The second-order valence-electron chi connectivity index (χ2n) is 4.49. The SMILES string of the molecule is CCCCCCNc1c(CC)cccc1C(=O)O. The third-order valence-electron chi connectivity index (χ3n) is 3.09. The second-order valence-corrected chi connectivity index (χ2v) is 4.49. The number of unbranched alkanes of at least 4 members (excludes halogenated alkanes) is 3. The predicted octanol–water partition coefficient (Wildman–Crippen LogP) is 3.94. The number of rotatable bonds is 8. The van der Waals surface area contributed by atoms with E-state index in [-0.39, 0.29) is 0 Å². The Kier molecular flexibility index (Phi) is 6.26.